The third-order valence-corrected chi connectivity index (χ3v) is 3.84. The van der Waals surface area contributed by atoms with Crippen molar-refractivity contribution in [1.29, 1.82) is 0 Å². The van der Waals surface area contributed by atoms with Crippen LogP contribution in [-0.2, 0) is 0 Å². The molecule has 0 aliphatic carbocycles. The lowest BCUT2D eigenvalue weighted by molar-refractivity contribution is 0.144. The summed E-state index contributed by atoms with van der Waals surface area (Å²) in [7, 11) is 1.65. The number of benzene rings is 2. The molecule has 0 aliphatic heterocycles. The molecule has 0 heterocycles. The van der Waals surface area contributed by atoms with E-state index in [0.717, 1.165) is 23.3 Å². The number of rotatable bonds is 7. The van der Waals surface area contributed by atoms with Crippen LogP contribution in [0.4, 0.5) is 0 Å². The topological polar surface area (TPSA) is 29.5 Å². The van der Waals surface area contributed by atoms with Crippen LogP contribution in [0.3, 0.4) is 0 Å². The van der Waals surface area contributed by atoms with Crippen LogP contribution in [-0.4, -0.2) is 18.3 Å². The molecule has 22 heavy (non-hydrogen) atoms. The van der Waals surface area contributed by atoms with Crippen molar-refractivity contribution in [3.63, 3.8) is 0 Å². The lowest BCUT2D eigenvalue weighted by Gasteiger charge is -2.24. The summed E-state index contributed by atoms with van der Waals surface area (Å²) in [5, 5.41) is 10.7. The third-order valence-electron chi connectivity index (χ3n) is 3.84. The molecule has 1 N–H and O–H groups in total. The molecule has 0 aromatic heterocycles. The first-order valence-corrected chi connectivity index (χ1v) is 7.56. The predicted molar refractivity (Wildman–Crippen MR) is 90.0 cm³/mol. The number of hydrogen-bond acceptors (Lipinski definition) is 2. The Labute approximate surface area is 132 Å². The number of methoxy groups -OCH3 is 1. The largest absolute Gasteiger partial charge is 0.497 e. The zero-order valence-corrected chi connectivity index (χ0v) is 12.9. The second-order valence-electron chi connectivity index (χ2n) is 5.33. The van der Waals surface area contributed by atoms with Gasteiger partial charge in [-0.1, -0.05) is 42.5 Å². The molecule has 0 bridgehead atoms. The molecule has 0 amide bonds. The Morgan fingerprint density at radius 2 is 1.68 bits per heavy atom. The molecule has 2 unspecified atom stereocenters. The van der Waals surface area contributed by atoms with Crippen molar-refractivity contribution < 1.29 is 9.84 Å². The van der Waals surface area contributed by atoms with Gasteiger partial charge in [-0.2, -0.15) is 0 Å². The summed E-state index contributed by atoms with van der Waals surface area (Å²) in [5.41, 5.74) is 2.20. The van der Waals surface area contributed by atoms with E-state index in [1.165, 1.54) is 0 Å². The van der Waals surface area contributed by atoms with Gasteiger partial charge in [0.25, 0.3) is 0 Å². The van der Waals surface area contributed by atoms with Gasteiger partial charge >= 0.3 is 0 Å². The lowest BCUT2D eigenvalue weighted by atomic mass is 9.84. The molecule has 0 saturated carbocycles. The molecule has 2 atom stereocenters. The van der Waals surface area contributed by atoms with Gasteiger partial charge in [0.15, 0.2) is 0 Å². The fraction of sp³-hybridized carbons (Fsp3) is 0.300. The van der Waals surface area contributed by atoms with Crippen LogP contribution in [0.1, 0.15) is 36.3 Å². The second kappa shape index (κ2) is 8.26. The van der Waals surface area contributed by atoms with Crippen molar-refractivity contribution in [3.05, 3.63) is 65.7 Å². The summed E-state index contributed by atoms with van der Waals surface area (Å²) in [5.74, 6) is 3.39. The van der Waals surface area contributed by atoms with Crippen molar-refractivity contribution in [2.24, 2.45) is 0 Å². The van der Waals surface area contributed by atoms with Gasteiger partial charge in [-0.25, -0.2) is 0 Å². The summed E-state index contributed by atoms with van der Waals surface area (Å²) in [4.78, 5) is 0. The van der Waals surface area contributed by atoms with Crippen LogP contribution in [0.15, 0.2) is 54.6 Å². The van der Waals surface area contributed by atoms with E-state index < -0.39 is 6.10 Å². The number of aliphatic hydroxyl groups excluding tert-OH is 1. The van der Waals surface area contributed by atoms with Gasteiger partial charge in [0.05, 0.1) is 13.2 Å². The fourth-order valence-electron chi connectivity index (χ4n) is 2.69. The highest BCUT2D eigenvalue weighted by Gasteiger charge is 2.22. The highest BCUT2D eigenvalue weighted by molar-refractivity contribution is 5.37. The SMILES string of the molecule is C#CCCCC(O)C(c1ccccc1)c1ccc(OC)cc1. The molecule has 2 rings (SSSR count). The molecule has 2 nitrogen and oxygen atoms in total. The molecule has 2 aromatic rings. The van der Waals surface area contributed by atoms with Crippen molar-refractivity contribution in [2.75, 3.05) is 7.11 Å². The van der Waals surface area contributed by atoms with Gasteiger partial charge in [0.1, 0.15) is 5.75 Å². The number of aliphatic hydroxyl groups is 1. The Balaban J connectivity index is 2.26. The molecule has 0 saturated heterocycles. The first-order chi connectivity index (χ1) is 10.8. The van der Waals surface area contributed by atoms with Crippen LogP contribution in [0.2, 0.25) is 0 Å². The van der Waals surface area contributed by atoms with E-state index in [1.807, 2.05) is 42.5 Å². The smallest absolute Gasteiger partial charge is 0.118 e. The Kier molecular flexibility index (Phi) is 6.06. The van der Waals surface area contributed by atoms with Gasteiger partial charge in [-0.15, -0.1) is 12.3 Å². The van der Waals surface area contributed by atoms with Crippen molar-refractivity contribution in [3.8, 4) is 18.1 Å². The van der Waals surface area contributed by atoms with Crippen LogP contribution >= 0.6 is 0 Å². The van der Waals surface area contributed by atoms with Gasteiger partial charge in [-0.05, 0) is 36.1 Å². The molecule has 0 spiro atoms. The minimum absolute atomic E-state index is 0.0510. The molecular weight excluding hydrogens is 272 g/mol. The summed E-state index contributed by atoms with van der Waals surface area (Å²) in [6, 6.07) is 18.0. The maximum atomic E-state index is 10.7. The van der Waals surface area contributed by atoms with Crippen LogP contribution in [0, 0.1) is 12.3 Å². The molecule has 114 valence electrons. The summed E-state index contributed by atoms with van der Waals surface area (Å²) in [6.07, 6.45) is 7.06. The van der Waals surface area contributed by atoms with Crippen LogP contribution < -0.4 is 4.74 Å². The zero-order chi connectivity index (χ0) is 15.8. The van der Waals surface area contributed by atoms with Gasteiger partial charge in [-0.3, -0.25) is 0 Å². The number of ether oxygens (including phenoxy) is 1. The minimum Gasteiger partial charge on any atom is -0.497 e. The monoisotopic (exact) mass is 294 g/mol. The number of hydrogen-bond donors (Lipinski definition) is 1. The fourth-order valence-corrected chi connectivity index (χ4v) is 2.69. The molecule has 2 heteroatoms. The standard InChI is InChI=1S/C20H22O2/c1-3-4-6-11-19(21)20(16-9-7-5-8-10-16)17-12-14-18(22-2)15-13-17/h1,5,7-10,12-15,19-21H,4,6,11H2,2H3. The van der Waals surface area contributed by atoms with Gasteiger partial charge in [0, 0.05) is 12.3 Å². The van der Waals surface area contributed by atoms with Gasteiger partial charge in [0.2, 0.25) is 0 Å². The first-order valence-electron chi connectivity index (χ1n) is 7.56. The van der Waals surface area contributed by atoms with Gasteiger partial charge < -0.3 is 9.84 Å². The molecule has 0 aliphatic rings. The molecule has 0 fully saturated rings. The van der Waals surface area contributed by atoms with Crippen molar-refractivity contribution in [2.45, 2.75) is 31.3 Å². The molecule has 0 radical (unpaired) electrons. The van der Waals surface area contributed by atoms with E-state index in [0.29, 0.717) is 12.8 Å². The normalized spacial score (nSPS) is 13.1. The van der Waals surface area contributed by atoms with E-state index >= 15 is 0 Å². The summed E-state index contributed by atoms with van der Waals surface area (Å²) >= 11 is 0. The summed E-state index contributed by atoms with van der Waals surface area (Å²) < 4.78 is 5.21. The lowest BCUT2D eigenvalue weighted by Crippen LogP contribution is -2.19. The predicted octanol–water partition coefficient (Wildman–Crippen LogP) is 3.99. The maximum absolute atomic E-state index is 10.7. The second-order valence-corrected chi connectivity index (χ2v) is 5.33. The highest BCUT2D eigenvalue weighted by Crippen LogP contribution is 2.31. The third kappa shape index (κ3) is 4.13. The van der Waals surface area contributed by atoms with Crippen LogP contribution in [0.25, 0.3) is 0 Å². The van der Waals surface area contributed by atoms with E-state index in [4.69, 9.17) is 11.2 Å². The Bertz CT molecular complexity index is 596. The van der Waals surface area contributed by atoms with Crippen molar-refractivity contribution in [1.82, 2.24) is 0 Å². The van der Waals surface area contributed by atoms with E-state index in [2.05, 4.69) is 18.1 Å². The number of terminal acetylenes is 1. The average molecular weight is 294 g/mol. The Morgan fingerprint density at radius 1 is 1.05 bits per heavy atom. The first kappa shape index (κ1) is 16.1. The van der Waals surface area contributed by atoms with E-state index in [1.54, 1.807) is 7.11 Å². The van der Waals surface area contributed by atoms with Crippen molar-refractivity contribution >= 4 is 0 Å². The summed E-state index contributed by atoms with van der Waals surface area (Å²) in [6.45, 7) is 0. The molecule has 2 aromatic carbocycles. The minimum atomic E-state index is -0.454. The zero-order valence-electron chi connectivity index (χ0n) is 12.9. The molecular formula is C20H22O2. The van der Waals surface area contributed by atoms with E-state index in [-0.39, 0.29) is 5.92 Å². The maximum Gasteiger partial charge on any atom is 0.118 e. The highest BCUT2D eigenvalue weighted by atomic mass is 16.5. The quantitative estimate of drug-likeness (QED) is 0.618. The Morgan fingerprint density at radius 3 is 2.27 bits per heavy atom. The number of unbranched alkanes of at least 4 members (excludes halogenated alkanes) is 1. The Hall–Kier alpha value is -2.24. The van der Waals surface area contributed by atoms with E-state index in [9.17, 15) is 5.11 Å². The van der Waals surface area contributed by atoms with Crippen LogP contribution in [0.5, 0.6) is 5.75 Å². The average Bonchev–Trinajstić information content (AvgIpc) is 2.57.